The number of carbonyl (C=O) groups is 1. The molecule has 2 N–H and O–H groups in total. The minimum Gasteiger partial charge on any atom is -0.395 e. The Morgan fingerprint density at radius 2 is 2.43 bits per heavy atom. The van der Waals surface area contributed by atoms with Crippen LogP contribution in [-0.2, 0) is 4.79 Å². The van der Waals surface area contributed by atoms with E-state index in [1.165, 1.54) is 0 Å². The molecule has 0 aliphatic carbocycles. The first-order valence-electron chi connectivity index (χ1n) is 4.38. The SMILES string of the molecule is C#CCNC(=O)CN(CC=C)CCO. The summed E-state index contributed by atoms with van der Waals surface area (Å²) >= 11 is 0. The highest BCUT2D eigenvalue weighted by Crippen LogP contribution is 1.87. The van der Waals surface area contributed by atoms with Gasteiger partial charge in [-0.2, -0.15) is 0 Å². The molecule has 14 heavy (non-hydrogen) atoms. The first kappa shape index (κ1) is 12.7. The quantitative estimate of drug-likeness (QED) is 0.415. The molecular formula is C10H16N2O2. The summed E-state index contributed by atoms with van der Waals surface area (Å²) in [7, 11) is 0. The highest BCUT2D eigenvalue weighted by molar-refractivity contribution is 5.78. The third-order valence-corrected chi connectivity index (χ3v) is 1.56. The number of aliphatic hydroxyl groups is 1. The summed E-state index contributed by atoms with van der Waals surface area (Å²) < 4.78 is 0. The first-order valence-corrected chi connectivity index (χ1v) is 4.38. The van der Waals surface area contributed by atoms with Gasteiger partial charge in [0.25, 0.3) is 0 Å². The standard InChI is InChI=1S/C10H16N2O2/c1-3-5-11-10(14)9-12(6-4-2)7-8-13/h1,4,13H,2,5-9H2,(H,11,14). The van der Waals surface area contributed by atoms with Crippen LogP contribution in [0, 0.1) is 12.3 Å². The molecule has 0 saturated heterocycles. The van der Waals surface area contributed by atoms with Crippen LogP contribution < -0.4 is 5.32 Å². The number of nitrogens with zero attached hydrogens (tertiary/aromatic N) is 1. The van der Waals surface area contributed by atoms with Crippen LogP contribution in [0.4, 0.5) is 0 Å². The molecule has 78 valence electrons. The lowest BCUT2D eigenvalue weighted by Crippen LogP contribution is -2.38. The molecule has 0 spiro atoms. The fourth-order valence-electron chi connectivity index (χ4n) is 0.967. The largest absolute Gasteiger partial charge is 0.395 e. The van der Waals surface area contributed by atoms with E-state index in [4.69, 9.17) is 11.5 Å². The van der Waals surface area contributed by atoms with Crippen molar-refractivity contribution in [3.8, 4) is 12.3 Å². The van der Waals surface area contributed by atoms with Crippen LogP contribution in [0.1, 0.15) is 0 Å². The van der Waals surface area contributed by atoms with Crippen LogP contribution in [0.25, 0.3) is 0 Å². The number of aliphatic hydroxyl groups excluding tert-OH is 1. The second-order valence-electron chi connectivity index (χ2n) is 2.73. The van der Waals surface area contributed by atoms with Crippen molar-refractivity contribution in [1.29, 1.82) is 0 Å². The molecule has 0 aliphatic rings. The van der Waals surface area contributed by atoms with Gasteiger partial charge in [-0.05, 0) is 0 Å². The number of carbonyl (C=O) groups excluding carboxylic acids is 1. The number of hydrogen-bond donors (Lipinski definition) is 2. The van der Waals surface area contributed by atoms with Gasteiger partial charge >= 0.3 is 0 Å². The zero-order valence-electron chi connectivity index (χ0n) is 8.20. The van der Waals surface area contributed by atoms with E-state index in [1.807, 2.05) is 0 Å². The van der Waals surface area contributed by atoms with E-state index in [2.05, 4.69) is 17.8 Å². The van der Waals surface area contributed by atoms with E-state index in [0.29, 0.717) is 13.1 Å². The number of nitrogens with one attached hydrogen (secondary N) is 1. The monoisotopic (exact) mass is 196 g/mol. The molecule has 0 radical (unpaired) electrons. The van der Waals surface area contributed by atoms with Gasteiger partial charge in [0.15, 0.2) is 0 Å². The predicted octanol–water partition coefficient (Wildman–Crippen LogP) is -0.784. The van der Waals surface area contributed by atoms with Crippen LogP contribution in [0.5, 0.6) is 0 Å². The molecule has 4 heteroatoms. The number of hydrogen-bond acceptors (Lipinski definition) is 3. The lowest BCUT2D eigenvalue weighted by molar-refractivity contribution is -0.121. The highest BCUT2D eigenvalue weighted by atomic mass is 16.3. The lowest BCUT2D eigenvalue weighted by Gasteiger charge is -2.18. The minimum absolute atomic E-state index is 0.0241. The van der Waals surface area contributed by atoms with Gasteiger partial charge in [0.1, 0.15) is 0 Å². The van der Waals surface area contributed by atoms with E-state index in [1.54, 1.807) is 11.0 Å². The van der Waals surface area contributed by atoms with Crippen molar-refractivity contribution in [2.75, 3.05) is 32.8 Å². The molecule has 4 nitrogen and oxygen atoms in total. The number of rotatable bonds is 7. The van der Waals surface area contributed by atoms with Gasteiger partial charge in [0.05, 0.1) is 19.7 Å². The maximum Gasteiger partial charge on any atom is 0.234 e. The Kier molecular flexibility index (Phi) is 7.52. The zero-order chi connectivity index (χ0) is 10.8. The second kappa shape index (κ2) is 8.30. The molecule has 0 unspecified atom stereocenters. The summed E-state index contributed by atoms with van der Waals surface area (Å²) in [5, 5.41) is 11.3. The molecule has 0 aromatic rings. The molecule has 0 atom stereocenters. The summed E-state index contributed by atoms with van der Waals surface area (Å²) in [5.74, 6) is 2.18. The second-order valence-corrected chi connectivity index (χ2v) is 2.73. The third-order valence-electron chi connectivity index (χ3n) is 1.56. The van der Waals surface area contributed by atoms with E-state index >= 15 is 0 Å². The van der Waals surface area contributed by atoms with E-state index in [-0.39, 0.29) is 25.6 Å². The van der Waals surface area contributed by atoms with Gasteiger partial charge in [0, 0.05) is 13.1 Å². The average Bonchev–Trinajstić information content (AvgIpc) is 2.15. The molecule has 0 aromatic carbocycles. The van der Waals surface area contributed by atoms with E-state index < -0.39 is 0 Å². The summed E-state index contributed by atoms with van der Waals surface area (Å²) in [5.41, 5.74) is 0. The highest BCUT2D eigenvalue weighted by Gasteiger charge is 2.07. The number of amides is 1. The normalized spacial score (nSPS) is 9.50. The van der Waals surface area contributed by atoms with Crippen molar-refractivity contribution in [1.82, 2.24) is 10.2 Å². The van der Waals surface area contributed by atoms with Gasteiger partial charge < -0.3 is 10.4 Å². The maximum absolute atomic E-state index is 11.2. The average molecular weight is 196 g/mol. The third kappa shape index (κ3) is 6.23. The summed E-state index contributed by atoms with van der Waals surface area (Å²) in [6.07, 6.45) is 6.68. The van der Waals surface area contributed by atoms with E-state index in [0.717, 1.165) is 0 Å². The molecule has 0 aromatic heterocycles. The van der Waals surface area contributed by atoms with Crippen LogP contribution in [-0.4, -0.2) is 48.7 Å². The molecule has 1 amide bonds. The van der Waals surface area contributed by atoms with Crippen LogP contribution in [0.3, 0.4) is 0 Å². The Balaban J connectivity index is 3.83. The Labute approximate surface area is 84.6 Å². The molecule has 0 heterocycles. The maximum atomic E-state index is 11.2. The Morgan fingerprint density at radius 1 is 1.71 bits per heavy atom. The topological polar surface area (TPSA) is 52.6 Å². The van der Waals surface area contributed by atoms with Crippen molar-refractivity contribution in [3.05, 3.63) is 12.7 Å². The minimum atomic E-state index is -0.141. The summed E-state index contributed by atoms with van der Waals surface area (Å²) in [6, 6.07) is 0. The fourth-order valence-corrected chi connectivity index (χ4v) is 0.967. The van der Waals surface area contributed by atoms with Crippen molar-refractivity contribution in [3.63, 3.8) is 0 Å². The fraction of sp³-hybridized carbons (Fsp3) is 0.500. The van der Waals surface area contributed by atoms with Gasteiger partial charge in [-0.25, -0.2) is 0 Å². The van der Waals surface area contributed by atoms with Gasteiger partial charge in [-0.3, -0.25) is 9.69 Å². The van der Waals surface area contributed by atoms with Gasteiger partial charge in [-0.15, -0.1) is 13.0 Å². The van der Waals surface area contributed by atoms with Crippen LogP contribution >= 0.6 is 0 Å². The molecule has 0 aliphatic heterocycles. The lowest BCUT2D eigenvalue weighted by atomic mass is 10.4. The predicted molar refractivity (Wildman–Crippen MR) is 55.6 cm³/mol. The van der Waals surface area contributed by atoms with Crippen LogP contribution in [0.15, 0.2) is 12.7 Å². The Bertz CT molecular complexity index is 221. The van der Waals surface area contributed by atoms with Crippen molar-refractivity contribution in [2.24, 2.45) is 0 Å². The molecule has 0 fully saturated rings. The summed E-state index contributed by atoms with van der Waals surface area (Å²) in [6.45, 7) is 5.08. The van der Waals surface area contributed by atoms with Crippen LogP contribution in [0.2, 0.25) is 0 Å². The first-order chi connectivity index (χ1) is 6.74. The zero-order valence-corrected chi connectivity index (χ0v) is 8.20. The molecular weight excluding hydrogens is 180 g/mol. The number of terminal acetylenes is 1. The Hall–Kier alpha value is -1.31. The molecule has 0 bridgehead atoms. The van der Waals surface area contributed by atoms with Crippen molar-refractivity contribution in [2.45, 2.75) is 0 Å². The molecule has 0 saturated carbocycles. The van der Waals surface area contributed by atoms with E-state index in [9.17, 15) is 4.79 Å². The summed E-state index contributed by atoms with van der Waals surface area (Å²) in [4.78, 5) is 13.0. The van der Waals surface area contributed by atoms with Gasteiger partial charge in [-0.1, -0.05) is 12.0 Å². The van der Waals surface area contributed by atoms with Crippen molar-refractivity contribution < 1.29 is 9.90 Å². The smallest absolute Gasteiger partial charge is 0.234 e. The Morgan fingerprint density at radius 3 is 2.93 bits per heavy atom. The molecule has 0 rings (SSSR count). The van der Waals surface area contributed by atoms with Gasteiger partial charge in [0.2, 0.25) is 5.91 Å². The van der Waals surface area contributed by atoms with Crippen molar-refractivity contribution >= 4 is 5.91 Å².